The Morgan fingerprint density at radius 2 is 1.95 bits per heavy atom. The van der Waals surface area contributed by atoms with Crippen molar-refractivity contribution in [1.82, 2.24) is 4.57 Å². The highest BCUT2D eigenvalue weighted by atomic mass is 32.2. The van der Waals surface area contributed by atoms with Gasteiger partial charge in [-0.15, -0.1) is 6.58 Å². The molecule has 1 aliphatic rings. The van der Waals surface area contributed by atoms with Gasteiger partial charge in [-0.05, 0) is 18.1 Å². The van der Waals surface area contributed by atoms with E-state index in [0.29, 0.717) is 11.4 Å². The summed E-state index contributed by atoms with van der Waals surface area (Å²) in [4.78, 5) is 1.62. The molecule has 0 radical (unpaired) electrons. The van der Waals surface area contributed by atoms with E-state index < -0.39 is 0 Å². The highest BCUT2D eigenvalue weighted by Gasteiger charge is 2.16. The van der Waals surface area contributed by atoms with Crippen LogP contribution in [0, 0.1) is 5.92 Å². The second-order valence-electron chi connectivity index (χ2n) is 4.81. The monoisotopic (exact) mass is 301 g/mol. The van der Waals surface area contributed by atoms with Gasteiger partial charge in [0, 0.05) is 17.5 Å². The molecule has 0 fully saturated rings. The van der Waals surface area contributed by atoms with Gasteiger partial charge >= 0.3 is 0 Å². The number of aromatic hydroxyl groups is 2. The molecule has 0 saturated carbocycles. The van der Waals surface area contributed by atoms with E-state index in [-0.39, 0.29) is 17.7 Å². The van der Waals surface area contributed by atoms with Crippen LogP contribution in [-0.4, -0.2) is 14.8 Å². The fourth-order valence-electron chi connectivity index (χ4n) is 1.86. The zero-order chi connectivity index (χ0) is 15.2. The van der Waals surface area contributed by atoms with Crippen molar-refractivity contribution in [3.63, 3.8) is 0 Å². The van der Waals surface area contributed by atoms with E-state index in [0.717, 1.165) is 4.91 Å². The Balaban J connectivity index is 2.21. The van der Waals surface area contributed by atoms with Crippen molar-refractivity contribution in [2.75, 3.05) is 0 Å². The third-order valence-electron chi connectivity index (χ3n) is 3.08. The Bertz CT molecular complexity index is 635. The SMILES string of the molecule is C=CC(C)Cn1c(O)cc(SC2=CC=CC=CC=C2)c1O. The molecule has 1 aromatic heterocycles. The molecule has 0 aliphatic heterocycles. The van der Waals surface area contributed by atoms with Gasteiger partial charge in [0.1, 0.15) is 0 Å². The van der Waals surface area contributed by atoms with Crippen LogP contribution in [0.3, 0.4) is 0 Å². The van der Waals surface area contributed by atoms with Crippen molar-refractivity contribution < 1.29 is 10.2 Å². The summed E-state index contributed by atoms with van der Waals surface area (Å²) in [7, 11) is 0. The standard InChI is InChI=1S/C17H19NO2S/c1-3-13(2)12-18-16(19)11-15(17(18)20)21-14-9-7-5-4-6-8-10-14/h3-11,13,19-20H,1,12H2,2H3. The molecule has 1 unspecified atom stereocenters. The zero-order valence-electron chi connectivity index (χ0n) is 11.9. The van der Waals surface area contributed by atoms with E-state index >= 15 is 0 Å². The molecular weight excluding hydrogens is 282 g/mol. The quantitative estimate of drug-likeness (QED) is 0.793. The molecule has 21 heavy (non-hydrogen) atoms. The first kappa shape index (κ1) is 15.3. The lowest BCUT2D eigenvalue weighted by Crippen LogP contribution is -2.03. The highest BCUT2D eigenvalue weighted by molar-refractivity contribution is 8.03. The van der Waals surface area contributed by atoms with Gasteiger partial charge in [0.25, 0.3) is 0 Å². The van der Waals surface area contributed by atoms with E-state index in [1.165, 1.54) is 16.3 Å². The summed E-state index contributed by atoms with van der Waals surface area (Å²) in [5, 5.41) is 20.3. The van der Waals surface area contributed by atoms with Crippen LogP contribution in [0.5, 0.6) is 11.8 Å². The van der Waals surface area contributed by atoms with E-state index in [1.54, 1.807) is 12.1 Å². The maximum atomic E-state index is 10.3. The minimum atomic E-state index is 0.0644. The van der Waals surface area contributed by atoms with Crippen LogP contribution in [0.1, 0.15) is 6.92 Å². The van der Waals surface area contributed by atoms with Crippen molar-refractivity contribution >= 4 is 11.8 Å². The van der Waals surface area contributed by atoms with Crippen molar-refractivity contribution in [2.45, 2.75) is 18.4 Å². The number of rotatable bonds is 5. The normalized spacial score (nSPS) is 15.4. The maximum Gasteiger partial charge on any atom is 0.208 e. The Kier molecular flexibility index (Phi) is 5.17. The molecule has 0 bridgehead atoms. The molecule has 110 valence electrons. The maximum absolute atomic E-state index is 10.3. The second kappa shape index (κ2) is 7.09. The van der Waals surface area contributed by atoms with Crippen LogP contribution in [0.25, 0.3) is 0 Å². The van der Waals surface area contributed by atoms with Crippen molar-refractivity contribution in [1.29, 1.82) is 0 Å². The van der Waals surface area contributed by atoms with E-state index in [4.69, 9.17) is 0 Å². The molecular formula is C17H19NO2S. The van der Waals surface area contributed by atoms with Crippen LogP contribution < -0.4 is 0 Å². The predicted octanol–water partition coefficient (Wildman–Crippen LogP) is 4.38. The number of allylic oxidation sites excluding steroid dienone is 8. The van der Waals surface area contributed by atoms with Crippen molar-refractivity contribution in [2.24, 2.45) is 5.92 Å². The van der Waals surface area contributed by atoms with E-state index in [9.17, 15) is 10.2 Å². The van der Waals surface area contributed by atoms with Gasteiger partial charge in [-0.3, -0.25) is 4.57 Å². The summed E-state index contributed by atoms with van der Waals surface area (Å²) in [6.07, 6.45) is 15.4. The number of thioether (sulfide) groups is 1. The summed E-state index contributed by atoms with van der Waals surface area (Å²) in [5.41, 5.74) is 0. The highest BCUT2D eigenvalue weighted by Crippen LogP contribution is 2.39. The number of aromatic nitrogens is 1. The second-order valence-corrected chi connectivity index (χ2v) is 5.93. The molecule has 0 spiro atoms. The summed E-state index contributed by atoms with van der Waals surface area (Å²) in [5.74, 6) is 0.317. The Hall–Kier alpha value is -2.07. The Morgan fingerprint density at radius 3 is 2.71 bits per heavy atom. The zero-order valence-corrected chi connectivity index (χ0v) is 12.8. The molecule has 2 N–H and O–H groups in total. The topological polar surface area (TPSA) is 45.4 Å². The lowest BCUT2D eigenvalue weighted by molar-refractivity contribution is 0.350. The molecule has 0 amide bonds. The molecule has 1 aliphatic carbocycles. The number of nitrogens with zero attached hydrogens (tertiary/aromatic N) is 1. The summed E-state index contributed by atoms with van der Waals surface area (Å²) in [6, 6.07) is 1.59. The molecule has 1 heterocycles. The first-order chi connectivity index (χ1) is 10.1. The third-order valence-corrected chi connectivity index (χ3v) is 4.11. The predicted molar refractivity (Wildman–Crippen MR) is 88.5 cm³/mol. The smallest absolute Gasteiger partial charge is 0.208 e. The molecule has 0 saturated heterocycles. The van der Waals surface area contributed by atoms with Gasteiger partial charge in [0.15, 0.2) is 5.88 Å². The first-order valence-electron chi connectivity index (χ1n) is 6.75. The Morgan fingerprint density at radius 1 is 1.24 bits per heavy atom. The van der Waals surface area contributed by atoms with Gasteiger partial charge in [0.05, 0.1) is 4.90 Å². The van der Waals surface area contributed by atoms with Crippen LogP contribution in [-0.2, 0) is 6.54 Å². The van der Waals surface area contributed by atoms with Gasteiger partial charge < -0.3 is 10.2 Å². The lowest BCUT2D eigenvalue weighted by atomic mass is 10.2. The first-order valence-corrected chi connectivity index (χ1v) is 7.57. The number of hydrogen-bond donors (Lipinski definition) is 2. The molecule has 4 heteroatoms. The average molecular weight is 301 g/mol. The average Bonchev–Trinajstić information content (AvgIpc) is 2.69. The molecule has 2 rings (SSSR count). The van der Waals surface area contributed by atoms with Crippen LogP contribution in [0.4, 0.5) is 0 Å². The summed E-state index contributed by atoms with van der Waals surface area (Å²) in [6.45, 7) is 6.20. The molecule has 1 atom stereocenters. The van der Waals surface area contributed by atoms with Gasteiger partial charge in [-0.25, -0.2) is 0 Å². The minimum absolute atomic E-state index is 0.0644. The van der Waals surface area contributed by atoms with E-state index in [2.05, 4.69) is 6.58 Å². The van der Waals surface area contributed by atoms with E-state index in [1.807, 2.05) is 49.5 Å². The van der Waals surface area contributed by atoms with Crippen molar-refractivity contribution in [3.8, 4) is 11.8 Å². The van der Waals surface area contributed by atoms with Crippen LogP contribution in [0.15, 0.2) is 71.1 Å². The minimum Gasteiger partial charge on any atom is -0.494 e. The summed E-state index contributed by atoms with van der Waals surface area (Å²) >= 11 is 1.42. The van der Waals surface area contributed by atoms with Crippen LogP contribution >= 0.6 is 11.8 Å². The van der Waals surface area contributed by atoms with Crippen molar-refractivity contribution in [3.05, 3.63) is 66.2 Å². The van der Waals surface area contributed by atoms with Gasteiger partial charge in [-0.2, -0.15) is 0 Å². The lowest BCUT2D eigenvalue weighted by Gasteiger charge is -2.10. The van der Waals surface area contributed by atoms with Gasteiger partial charge in [-0.1, -0.05) is 55.1 Å². The third kappa shape index (κ3) is 3.95. The molecule has 1 aromatic rings. The fourth-order valence-corrected chi connectivity index (χ4v) is 2.78. The largest absolute Gasteiger partial charge is 0.494 e. The summed E-state index contributed by atoms with van der Waals surface area (Å²) < 4.78 is 1.50. The Labute approximate surface area is 129 Å². The van der Waals surface area contributed by atoms with Gasteiger partial charge in [0.2, 0.25) is 5.88 Å². The van der Waals surface area contributed by atoms with Crippen LogP contribution in [0.2, 0.25) is 0 Å². The molecule has 0 aromatic carbocycles. The fraction of sp³-hybridized carbons (Fsp3) is 0.176. The number of hydrogen-bond acceptors (Lipinski definition) is 3. The molecule has 3 nitrogen and oxygen atoms in total.